The van der Waals surface area contributed by atoms with Gasteiger partial charge in [-0.25, -0.2) is 0 Å². The molecule has 1 saturated heterocycles. The Kier molecular flexibility index (Phi) is 5.56. The van der Waals surface area contributed by atoms with Gasteiger partial charge in [-0.05, 0) is 23.3 Å². The highest BCUT2D eigenvalue weighted by atomic mass is 16.5. The molecule has 1 fully saturated rings. The van der Waals surface area contributed by atoms with Gasteiger partial charge in [0, 0.05) is 6.54 Å². The minimum atomic E-state index is -0.0655. The molecule has 0 bridgehead atoms. The molecule has 1 heterocycles. The molecule has 5 nitrogen and oxygen atoms in total. The van der Waals surface area contributed by atoms with E-state index in [4.69, 9.17) is 14.2 Å². The molecule has 0 aliphatic carbocycles. The van der Waals surface area contributed by atoms with E-state index in [1.165, 1.54) is 0 Å². The first kappa shape index (κ1) is 17.3. The molecule has 1 unspecified atom stereocenters. The fourth-order valence-corrected chi connectivity index (χ4v) is 3.02. The van der Waals surface area contributed by atoms with Crippen LogP contribution in [0.5, 0.6) is 11.5 Å². The number of amides is 1. The first-order valence-corrected chi connectivity index (χ1v) is 8.36. The summed E-state index contributed by atoms with van der Waals surface area (Å²) in [6.07, 6.45) is 0.270. The van der Waals surface area contributed by atoms with Gasteiger partial charge in [0.2, 0.25) is 5.91 Å². The number of nitrogens with zero attached hydrogens (tertiary/aromatic N) is 1. The molecule has 0 spiro atoms. The second-order valence-electron chi connectivity index (χ2n) is 5.98. The normalized spacial score (nSPS) is 17.2. The van der Waals surface area contributed by atoms with Crippen LogP contribution in [0.25, 0.3) is 0 Å². The first-order valence-electron chi connectivity index (χ1n) is 8.36. The Bertz CT molecular complexity index is 717. The van der Waals surface area contributed by atoms with E-state index in [0.717, 1.165) is 11.1 Å². The van der Waals surface area contributed by atoms with Crippen molar-refractivity contribution >= 4 is 5.91 Å². The van der Waals surface area contributed by atoms with Crippen molar-refractivity contribution in [2.75, 3.05) is 33.9 Å². The second kappa shape index (κ2) is 8.03. The van der Waals surface area contributed by atoms with Crippen molar-refractivity contribution in [3.05, 3.63) is 59.7 Å². The Morgan fingerprint density at radius 2 is 1.88 bits per heavy atom. The molecule has 1 aliphatic heterocycles. The number of hydrogen-bond acceptors (Lipinski definition) is 4. The SMILES string of the molecule is COc1ccc(CC(=O)N2CCOC(c3ccccc3)C2)cc1OC. The molecule has 3 rings (SSSR count). The van der Waals surface area contributed by atoms with Crippen molar-refractivity contribution in [2.45, 2.75) is 12.5 Å². The molecule has 0 N–H and O–H groups in total. The van der Waals surface area contributed by atoms with Crippen LogP contribution in [0.3, 0.4) is 0 Å². The molecule has 25 heavy (non-hydrogen) atoms. The van der Waals surface area contributed by atoms with Crippen LogP contribution < -0.4 is 9.47 Å². The number of rotatable bonds is 5. The topological polar surface area (TPSA) is 48.0 Å². The zero-order valence-electron chi connectivity index (χ0n) is 14.6. The molecule has 1 atom stereocenters. The summed E-state index contributed by atoms with van der Waals surface area (Å²) in [7, 11) is 3.19. The molecule has 2 aromatic carbocycles. The fourth-order valence-electron chi connectivity index (χ4n) is 3.02. The highest BCUT2D eigenvalue weighted by Gasteiger charge is 2.25. The molecule has 0 aromatic heterocycles. The average Bonchev–Trinajstić information content (AvgIpc) is 2.68. The lowest BCUT2D eigenvalue weighted by molar-refractivity contribution is -0.138. The van der Waals surface area contributed by atoms with Crippen LogP contribution in [-0.2, 0) is 16.0 Å². The third kappa shape index (κ3) is 4.12. The summed E-state index contributed by atoms with van der Waals surface area (Å²) in [6.45, 7) is 1.75. The Balaban J connectivity index is 1.67. The van der Waals surface area contributed by atoms with Crippen LogP contribution in [0.1, 0.15) is 17.2 Å². The minimum Gasteiger partial charge on any atom is -0.493 e. The number of morpholine rings is 1. The van der Waals surface area contributed by atoms with E-state index in [9.17, 15) is 4.79 Å². The van der Waals surface area contributed by atoms with Crippen molar-refractivity contribution in [1.29, 1.82) is 0 Å². The third-order valence-corrected chi connectivity index (χ3v) is 4.39. The van der Waals surface area contributed by atoms with E-state index in [1.807, 2.05) is 53.4 Å². The first-order chi connectivity index (χ1) is 12.2. The largest absolute Gasteiger partial charge is 0.493 e. The lowest BCUT2D eigenvalue weighted by atomic mass is 10.1. The summed E-state index contributed by atoms with van der Waals surface area (Å²) in [6, 6.07) is 15.6. The number of benzene rings is 2. The number of methoxy groups -OCH3 is 2. The van der Waals surface area contributed by atoms with Crippen molar-refractivity contribution in [2.24, 2.45) is 0 Å². The molecular formula is C20H23NO4. The molecule has 1 amide bonds. The van der Waals surface area contributed by atoms with Gasteiger partial charge in [-0.3, -0.25) is 4.79 Å². The zero-order chi connectivity index (χ0) is 17.6. The summed E-state index contributed by atoms with van der Waals surface area (Å²) in [4.78, 5) is 14.6. The van der Waals surface area contributed by atoms with Crippen molar-refractivity contribution < 1.29 is 19.0 Å². The Hall–Kier alpha value is -2.53. The number of carbonyl (C=O) groups excluding carboxylic acids is 1. The minimum absolute atomic E-state index is 0.0655. The number of hydrogen-bond donors (Lipinski definition) is 0. The van der Waals surface area contributed by atoms with Crippen LogP contribution in [0, 0.1) is 0 Å². The van der Waals surface area contributed by atoms with Gasteiger partial charge in [0.25, 0.3) is 0 Å². The van der Waals surface area contributed by atoms with Gasteiger partial charge in [-0.15, -0.1) is 0 Å². The predicted octanol–water partition coefficient (Wildman–Crippen LogP) is 2.85. The van der Waals surface area contributed by atoms with Crippen LogP contribution in [0.4, 0.5) is 0 Å². The number of ether oxygens (including phenoxy) is 3. The van der Waals surface area contributed by atoms with Crippen LogP contribution in [-0.4, -0.2) is 44.7 Å². The molecule has 2 aromatic rings. The molecular weight excluding hydrogens is 318 g/mol. The average molecular weight is 341 g/mol. The van der Waals surface area contributed by atoms with Crippen molar-refractivity contribution in [3.8, 4) is 11.5 Å². The van der Waals surface area contributed by atoms with E-state index >= 15 is 0 Å². The van der Waals surface area contributed by atoms with Gasteiger partial charge in [0.05, 0.1) is 33.8 Å². The van der Waals surface area contributed by atoms with E-state index in [2.05, 4.69) is 0 Å². The lowest BCUT2D eigenvalue weighted by Gasteiger charge is -2.33. The molecule has 5 heteroatoms. The molecule has 0 saturated carbocycles. The van der Waals surface area contributed by atoms with Gasteiger partial charge in [0.15, 0.2) is 11.5 Å². The highest BCUT2D eigenvalue weighted by molar-refractivity contribution is 5.79. The summed E-state index contributed by atoms with van der Waals surface area (Å²) >= 11 is 0. The van der Waals surface area contributed by atoms with E-state index in [0.29, 0.717) is 37.6 Å². The van der Waals surface area contributed by atoms with Gasteiger partial charge in [-0.2, -0.15) is 0 Å². The van der Waals surface area contributed by atoms with Crippen molar-refractivity contribution in [3.63, 3.8) is 0 Å². The zero-order valence-corrected chi connectivity index (χ0v) is 14.6. The van der Waals surface area contributed by atoms with Gasteiger partial charge >= 0.3 is 0 Å². The van der Waals surface area contributed by atoms with E-state index in [-0.39, 0.29) is 12.0 Å². The van der Waals surface area contributed by atoms with Gasteiger partial charge in [0.1, 0.15) is 6.10 Å². The van der Waals surface area contributed by atoms with E-state index in [1.54, 1.807) is 14.2 Å². The highest BCUT2D eigenvalue weighted by Crippen LogP contribution is 2.28. The summed E-state index contributed by atoms with van der Waals surface area (Å²) < 4.78 is 16.4. The summed E-state index contributed by atoms with van der Waals surface area (Å²) in [5.74, 6) is 1.39. The van der Waals surface area contributed by atoms with Gasteiger partial charge < -0.3 is 19.1 Å². The molecule has 132 valence electrons. The smallest absolute Gasteiger partial charge is 0.227 e. The van der Waals surface area contributed by atoms with Gasteiger partial charge in [-0.1, -0.05) is 36.4 Å². The Morgan fingerprint density at radius 1 is 1.12 bits per heavy atom. The number of carbonyl (C=O) groups is 1. The standard InChI is InChI=1S/C20H23NO4/c1-23-17-9-8-15(12-18(17)24-2)13-20(22)21-10-11-25-19(14-21)16-6-4-3-5-7-16/h3-9,12,19H,10-11,13-14H2,1-2H3. The van der Waals surface area contributed by atoms with Crippen LogP contribution in [0.2, 0.25) is 0 Å². The van der Waals surface area contributed by atoms with Crippen LogP contribution in [0.15, 0.2) is 48.5 Å². The summed E-state index contributed by atoms with van der Waals surface area (Å²) in [5.41, 5.74) is 2.01. The lowest BCUT2D eigenvalue weighted by Crippen LogP contribution is -2.42. The predicted molar refractivity (Wildman–Crippen MR) is 95.0 cm³/mol. The quantitative estimate of drug-likeness (QED) is 0.839. The molecule has 1 aliphatic rings. The fraction of sp³-hybridized carbons (Fsp3) is 0.350. The maximum Gasteiger partial charge on any atom is 0.227 e. The molecule has 0 radical (unpaired) electrons. The van der Waals surface area contributed by atoms with Crippen LogP contribution >= 0.6 is 0 Å². The Labute approximate surface area is 148 Å². The third-order valence-electron chi connectivity index (χ3n) is 4.39. The maximum absolute atomic E-state index is 12.7. The maximum atomic E-state index is 12.7. The van der Waals surface area contributed by atoms with E-state index < -0.39 is 0 Å². The Morgan fingerprint density at radius 3 is 2.60 bits per heavy atom. The monoisotopic (exact) mass is 341 g/mol. The van der Waals surface area contributed by atoms with Crippen molar-refractivity contribution in [1.82, 2.24) is 4.90 Å². The second-order valence-corrected chi connectivity index (χ2v) is 5.98. The summed E-state index contributed by atoms with van der Waals surface area (Å²) in [5, 5.41) is 0.